The van der Waals surface area contributed by atoms with Crippen LogP contribution in [0.1, 0.15) is 45.4 Å². The third-order valence-corrected chi connectivity index (χ3v) is 3.19. The summed E-state index contributed by atoms with van der Waals surface area (Å²) in [5.41, 5.74) is 0.0843. The van der Waals surface area contributed by atoms with Gasteiger partial charge in [0.25, 0.3) is 0 Å². The van der Waals surface area contributed by atoms with Gasteiger partial charge in [-0.2, -0.15) is 0 Å². The Labute approximate surface area is 74.6 Å². The molecular formula is C10H20O2. The van der Waals surface area contributed by atoms with Crippen LogP contribution < -0.4 is 0 Å². The van der Waals surface area contributed by atoms with Crippen LogP contribution in [0.5, 0.6) is 0 Å². The quantitative estimate of drug-likeness (QED) is 0.680. The van der Waals surface area contributed by atoms with Crippen LogP contribution in [0, 0.1) is 5.41 Å². The Kier molecular flexibility index (Phi) is 3.53. The molecule has 72 valence electrons. The maximum Gasteiger partial charge on any atom is 0.0593 e. The summed E-state index contributed by atoms with van der Waals surface area (Å²) >= 11 is 0. The second-order valence-electron chi connectivity index (χ2n) is 4.24. The van der Waals surface area contributed by atoms with E-state index in [0.717, 1.165) is 32.1 Å². The minimum atomic E-state index is -0.141. The van der Waals surface area contributed by atoms with Crippen LogP contribution in [0.2, 0.25) is 0 Å². The monoisotopic (exact) mass is 172 g/mol. The lowest BCUT2D eigenvalue weighted by atomic mass is 9.71. The summed E-state index contributed by atoms with van der Waals surface area (Å²) in [6, 6.07) is 0. The first-order valence-electron chi connectivity index (χ1n) is 4.98. The van der Waals surface area contributed by atoms with Crippen LogP contribution >= 0.6 is 0 Å². The highest BCUT2D eigenvalue weighted by Crippen LogP contribution is 2.39. The maximum atomic E-state index is 9.77. The van der Waals surface area contributed by atoms with Crippen LogP contribution in [0.25, 0.3) is 0 Å². The molecule has 0 aliphatic heterocycles. The van der Waals surface area contributed by atoms with E-state index in [2.05, 4.69) is 6.92 Å². The smallest absolute Gasteiger partial charge is 0.0593 e. The minimum absolute atomic E-state index is 0.0843. The highest BCUT2D eigenvalue weighted by Gasteiger charge is 2.34. The Balaban J connectivity index is 2.42. The number of hydrogen-bond acceptors (Lipinski definition) is 2. The molecule has 0 bridgehead atoms. The van der Waals surface area contributed by atoms with Gasteiger partial charge in [-0.3, -0.25) is 0 Å². The van der Waals surface area contributed by atoms with E-state index in [4.69, 9.17) is 5.11 Å². The molecule has 2 atom stereocenters. The van der Waals surface area contributed by atoms with Crippen molar-refractivity contribution < 1.29 is 10.2 Å². The Bertz CT molecular complexity index is 136. The van der Waals surface area contributed by atoms with Crippen LogP contribution in [0.4, 0.5) is 0 Å². The predicted molar refractivity (Wildman–Crippen MR) is 48.9 cm³/mol. The summed E-state index contributed by atoms with van der Waals surface area (Å²) in [4.78, 5) is 0. The van der Waals surface area contributed by atoms with Crippen molar-refractivity contribution in [3.8, 4) is 0 Å². The fourth-order valence-corrected chi connectivity index (χ4v) is 2.16. The normalized spacial score (nSPS) is 36.8. The number of hydrogen-bond donors (Lipinski definition) is 2. The van der Waals surface area contributed by atoms with Crippen molar-refractivity contribution >= 4 is 0 Å². The molecular weight excluding hydrogens is 152 g/mol. The molecule has 1 fully saturated rings. The van der Waals surface area contributed by atoms with Crippen molar-refractivity contribution in [1.82, 2.24) is 0 Å². The lowest BCUT2D eigenvalue weighted by Gasteiger charge is -2.38. The van der Waals surface area contributed by atoms with Gasteiger partial charge in [-0.1, -0.05) is 19.8 Å². The Morgan fingerprint density at radius 2 is 2.17 bits per heavy atom. The summed E-state index contributed by atoms with van der Waals surface area (Å²) < 4.78 is 0. The van der Waals surface area contributed by atoms with Gasteiger partial charge in [-0.25, -0.2) is 0 Å². The van der Waals surface area contributed by atoms with Crippen LogP contribution in [0.3, 0.4) is 0 Å². The van der Waals surface area contributed by atoms with Gasteiger partial charge in [0.05, 0.1) is 6.10 Å². The highest BCUT2D eigenvalue weighted by atomic mass is 16.3. The lowest BCUT2D eigenvalue weighted by Crippen LogP contribution is -2.35. The molecule has 0 saturated heterocycles. The van der Waals surface area contributed by atoms with Gasteiger partial charge in [-0.15, -0.1) is 0 Å². The van der Waals surface area contributed by atoms with Gasteiger partial charge in [0.15, 0.2) is 0 Å². The van der Waals surface area contributed by atoms with Gasteiger partial charge in [-0.05, 0) is 31.1 Å². The summed E-state index contributed by atoms with van der Waals surface area (Å²) in [7, 11) is 0. The number of aliphatic hydroxyl groups is 2. The summed E-state index contributed by atoms with van der Waals surface area (Å²) in [6.45, 7) is 2.40. The van der Waals surface area contributed by atoms with Gasteiger partial charge in [0.2, 0.25) is 0 Å². The maximum absolute atomic E-state index is 9.77. The van der Waals surface area contributed by atoms with E-state index in [1.807, 2.05) is 0 Å². The zero-order valence-electron chi connectivity index (χ0n) is 7.92. The average molecular weight is 172 g/mol. The largest absolute Gasteiger partial charge is 0.396 e. The van der Waals surface area contributed by atoms with E-state index >= 15 is 0 Å². The molecule has 1 aliphatic rings. The van der Waals surface area contributed by atoms with Crippen molar-refractivity contribution in [2.45, 2.75) is 51.6 Å². The van der Waals surface area contributed by atoms with E-state index in [9.17, 15) is 5.11 Å². The molecule has 0 aromatic carbocycles. The standard InChI is InChI=1S/C10H20O2/c1-10(7-4-8-11)6-3-2-5-9(10)12/h9,11-12H,2-8H2,1H3. The average Bonchev–Trinajstić information content (AvgIpc) is 2.07. The molecule has 2 N–H and O–H groups in total. The second-order valence-corrected chi connectivity index (χ2v) is 4.24. The molecule has 1 aliphatic carbocycles. The number of aliphatic hydroxyl groups excluding tert-OH is 2. The van der Waals surface area contributed by atoms with Crippen molar-refractivity contribution in [3.05, 3.63) is 0 Å². The van der Waals surface area contributed by atoms with Crippen LogP contribution in [0.15, 0.2) is 0 Å². The molecule has 0 amide bonds. The third kappa shape index (κ3) is 2.20. The zero-order valence-corrected chi connectivity index (χ0v) is 7.92. The van der Waals surface area contributed by atoms with Gasteiger partial charge < -0.3 is 10.2 Å². The zero-order chi connectivity index (χ0) is 9.03. The van der Waals surface area contributed by atoms with Gasteiger partial charge in [0.1, 0.15) is 0 Å². The molecule has 2 heteroatoms. The first kappa shape index (κ1) is 10.0. The fourth-order valence-electron chi connectivity index (χ4n) is 2.16. The second kappa shape index (κ2) is 4.24. The molecule has 2 unspecified atom stereocenters. The Morgan fingerprint density at radius 1 is 1.42 bits per heavy atom. The van der Waals surface area contributed by atoms with Crippen molar-refractivity contribution in [2.75, 3.05) is 6.61 Å². The van der Waals surface area contributed by atoms with E-state index in [1.165, 1.54) is 6.42 Å². The molecule has 0 aromatic heterocycles. The summed E-state index contributed by atoms with van der Waals surface area (Å²) in [6.07, 6.45) is 6.11. The summed E-state index contributed by atoms with van der Waals surface area (Å²) in [5, 5.41) is 18.5. The van der Waals surface area contributed by atoms with Crippen molar-refractivity contribution in [2.24, 2.45) is 5.41 Å². The molecule has 0 aromatic rings. The first-order valence-corrected chi connectivity index (χ1v) is 4.98. The van der Waals surface area contributed by atoms with Crippen molar-refractivity contribution in [1.29, 1.82) is 0 Å². The van der Waals surface area contributed by atoms with Crippen LogP contribution in [-0.4, -0.2) is 22.9 Å². The van der Waals surface area contributed by atoms with Gasteiger partial charge >= 0.3 is 0 Å². The van der Waals surface area contributed by atoms with E-state index in [1.54, 1.807) is 0 Å². The molecule has 12 heavy (non-hydrogen) atoms. The van der Waals surface area contributed by atoms with Crippen LogP contribution in [-0.2, 0) is 0 Å². The molecule has 1 saturated carbocycles. The Hall–Kier alpha value is -0.0800. The molecule has 1 rings (SSSR count). The molecule has 0 spiro atoms. The SMILES string of the molecule is CC1(CCCO)CCCCC1O. The third-order valence-electron chi connectivity index (χ3n) is 3.19. The number of rotatable bonds is 3. The minimum Gasteiger partial charge on any atom is -0.396 e. The predicted octanol–water partition coefficient (Wildman–Crippen LogP) is 1.70. The fraction of sp³-hybridized carbons (Fsp3) is 1.00. The molecule has 0 heterocycles. The van der Waals surface area contributed by atoms with E-state index < -0.39 is 0 Å². The van der Waals surface area contributed by atoms with Crippen molar-refractivity contribution in [3.63, 3.8) is 0 Å². The van der Waals surface area contributed by atoms with E-state index in [-0.39, 0.29) is 18.1 Å². The van der Waals surface area contributed by atoms with E-state index in [0.29, 0.717) is 0 Å². The highest BCUT2D eigenvalue weighted by molar-refractivity contribution is 4.85. The Morgan fingerprint density at radius 3 is 2.75 bits per heavy atom. The van der Waals surface area contributed by atoms with Gasteiger partial charge in [0, 0.05) is 6.61 Å². The first-order chi connectivity index (χ1) is 5.69. The summed E-state index contributed by atoms with van der Waals surface area (Å²) in [5.74, 6) is 0. The topological polar surface area (TPSA) is 40.5 Å². The molecule has 2 nitrogen and oxygen atoms in total. The molecule has 0 radical (unpaired) electrons. The lowest BCUT2D eigenvalue weighted by molar-refractivity contribution is -0.00856.